The summed E-state index contributed by atoms with van der Waals surface area (Å²) >= 11 is 18.0. The fourth-order valence-electron chi connectivity index (χ4n) is 4.53. The molecule has 1 heterocycles. The van der Waals surface area contributed by atoms with E-state index in [1.807, 2.05) is 36.4 Å². The summed E-state index contributed by atoms with van der Waals surface area (Å²) in [5.74, 6) is -0.459. The molecule has 4 rings (SSSR count). The molecule has 8 heteroatoms. The number of aliphatic carboxylic acids is 1. The highest BCUT2D eigenvalue weighted by molar-refractivity contribution is 6.42. The fourth-order valence-corrected chi connectivity index (χ4v) is 4.97. The van der Waals surface area contributed by atoms with Crippen molar-refractivity contribution >= 4 is 46.7 Å². The summed E-state index contributed by atoms with van der Waals surface area (Å²) in [7, 11) is 0. The lowest BCUT2D eigenvalue weighted by Crippen LogP contribution is -2.35. The normalized spacial score (nSPS) is 16.3. The molecule has 0 aromatic heterocycles. The lowest BCUT2D eigenvalue weighted by atomic mass is 9.91. The number of aryl methyl sites for hydroxylation is 1. The van der Waals surface area contributed by atoms with Crippen molar-refractivity contribution in [2.75, 3.05) is 6.54 Å². The van der Waals surface area contributed by atoms with Crippen LogP contribution in [0.5, 0.6) is 5.75 Å². The Morgan fingerprint density at radius 3 is 2.33 bits per heavy atom. The minimum absolute atomic E-state index is 0.142. The van der Waals surface area contributed by atoms with E-state index in [4.69, 9.17) is 39.5 Å². The molecule has 0 saturated carbocycles. The molecular weight excluding hydrogens is 521 g/mol. The molecule has 1 aliphatic rings. The standard InChI is InChI=1S/C28H26Cl3NO4/c1-28(14-19-2-7-22(29)8-3-19)15-21-12-18(5-10-25(21)36-28)6-11-26(33)32(17-27(34)35)16-20-4-9-23(30)24(31)13-20/h2-5,7-10,12-13H,6,11,14-17H2,1H3,(H,34,35)/t28-/m1/s1. The van der Waals surface area contributed by atoms with E-state index in [0.29, 0.717) is 27.1 Å². The summed E-state index contributed by atoms with van der Waals surface area (Å²) in [6, 6.07) is 18.8. The van der Waals surface area contributed by atoms with Crippen molar-refractivity contribution in [2.24, 2.45) is 0 Å². The van der Waals surface area contributed by atoms with Crippen LogP contribution in [0.15, 0.2) is 60.7 Å². The zero-order valence-corrected chi connectivity index (χ0v) is 22.0. The van der Waals surface area contributed by atoms with E-state index in [0.717, 1.165) is 35.3 Å². The summed E-state index contributed by atoms with van der Waals surface area (Å²) in [6.07, 6.45) is 2.20. The van der Waals surface area contributed by atoms with Crippen LogP contribution in [0.1, 0.15) is 35.6 Å². The van der Waals surface area contributed by atoms with Crippen LogP contribution in [0.3, 0.4) is 0 Å². The van der Waals surface area contributed by atoms with Crippen LogP contribution in [0.4, 0.5) is 0 Å². The van der Waals surface area contributed by atoms with Gasteiger partial charge in [-0.1, -0.05) is 65.1 Å². The van der Waals surface area contributed by atoms with E-state index >= 15 is 0 Å². The van der Waals surface area contributed by atoms with E-state index < -0.39 is 5.97 Å². The molecule has 3 aromatic carbocycles. The van der Waals surface area contributed by atoms with Crippen molar-refractivity contribution in [1.29, 1.82) is 0 Å². The number of halogens is 3. The van der Waals surface area contributed by atoms with Crippen molar-refractivity contribution in [3.05, 3.63) is 98.0 Å². The average Bonchev–Trinajstić information content (AvgIpc) is 3.15. The summed E-state index contributed by atoms with van der Waals surface area (Å²) in [5, 5.41) is 10.8. The molecule has 188 valence electrons. The van der Waals surface area contributed by atoms with E-state index in [-0.39, 0.29) is 31.0 Å². The third kappa shape index (κ3) is 6.73. The van der Waals surface area contributed by atoms with Gasteiger partial charge in [-0.15, -0.1) is 0 Å². The van der Waals surface area contributed by atoms with E-state index in [2.05, 4.69) is 13.0 Å². The molecule has 0 fully saturated rings. The first-order valence-corrected chi connectivity index (χ1v) is 12.7. The second kappa shape index (κ2) is 11.1. The Kier molecular flexibility index (Phi) is 8.13. The molecule has 0 spiro atoms. The Hall–Kier alpha value is -2.73. The first-order chi connectivity index (χ1) is 17.1. The largest absolute Gasteiger partial charge is 0.487 e. The highest BCUT2D eigenvalue weighted by Crippen LogP contribution is 2.37. The molecule has 3 aromatic rings. The van der Waals surface area contributed by atoms with Gasteiger partial charge < -0.3 is 14.7 Å². The van der Waals surface area contributed by atoms with Crippen LogP contribution >= 0.6 is 34.8 Å². The SMILES string of the molecule is C[C@@]1(Cc2ccc(Cl)cc2)Cc2cc(CCC(=O)N(CC(=O)O)Cc3ccc(Cl)c(Cl)c3)ccc2O1. The first-order valence-electron chi connectivity index (χ1n) is 11.6. The molecule has 0 saturated heterocycles. The molecule has 0 unspecified atom stereocenters. The Bertz CT molecular complexity index is 1280. The second-order valence-corrected chi connectivity index (χ2v) is 10.6. The van der Waals surface area contributed by atoms with Gasteiger partial charge in [0.15, 0.2) is 0 Å². The molecule has 36 heavy (non-hydrogen) atoms. The average molecular weight is 547 g/mol. The lowest BCUT2D eigenvalue weighted by Gasteiger charge is -2.24. The number of carboxylic acids is 1. The zero-order valence-electron chi connectivity index (χ0n) is 19.8. The molecule has 0 aliphatic carbocycles. The molecule has 1 N–H and O–H groups in total. The van der Waals surface area contributed by atoms with Crippen LogP contribution in [0.25, 0.3) is 0 Å². The molecule has 1 amide bonds. The van der Waals surface area contributed by atoms with Gasteiger partial charge in [-0.3, -0.25) is 9.59 Å². The molecule has 0 bridgehead atoms. The third-order valence-electron chi connectivity index (χ3n) is 6.20. The Morgan fingerprint density at radius 2 is 1.64 bits per heavy atom. The minimum atomic E-state index is -1.07. The Morgan fingerprint density at radius 1 is 0.944 bits per heavy atom. The lowest BCUT2D eigenvalue weighted by molar-refractivity contribution is -0.144. The molecule has 0 radical (unpaired) electrons. The maximum absolute atomic E-state index is 12.9. The highest BCUT2D eigenvalue weighted by Gasteiger charge is 2.35. The van der Waals surface area contributed by atoms with Gasteiger partial charge in [0.2, 0.25) is 5.91 Å². The number of benzene rings is 3. The topological polar surface area (TPSA) is 66.8 Å². The maximum atomic E-state index is 12.9. The number of fused-ring (bicyclic) bond motifs is 1. The van der Waals surface area contributed by atoms with Gasteiger partial charge in [0, 0.05) is 30.8 Å². The van der Waals surface area contributed by atoms with Crippen LogP contribution in [-0.2, 0) is 35.4 Å². The third-order valence-corrected chi connectivity index (χ3v) is 7.19. The second-order valence-electron chi connectivity index (χ2n) is 9.37. The molecular formula is C28H26Cl3NO4. The van der Waals surface area contributed by atoms with Crippen molar-refractivity contribution in [3.63, 3.8) is 0 Å². The number of ether oxygens (including phenoxy) is 1. The summed E-state index contributed by atoms with van der Waals surface area (Å²) < 4.78 is 6.28. The number of nitrogens with zero attached hydrogens (tertiary/aromatic N) is 1. The minimum Gasteiger partial charge on any atom is -0.487 e. The summed E-state index contributed by atoms with van der Waals surface area (Å²) in [5.41, 5.74) is 3.62. The Labute approximate surface area is 225 Å². The first kappa shape index (κ1) is 26.3. The highest BCUT2D eigenvalue weighted by atomic mass is 35.5. The monoisotopic (exact) mass is 545 g/mol. The number of carboxylic acid groups (broad SMARTS) is 1. The van der Waals surface area contributed by atoms with Crippen LogP contribution in [0, 0.1) is 0 Å². The summed E-state index contributed by atoms with van der Waals surface area (Å²) in [4.78, 5) is 25.6. The Balaban J connectivity index is 1.39. The van der Waals surface area contributed by atoms with Crippen molar-refractivity contribution in [3.8, 4) is 5.75 Å². The van der Waals surface area contributed by atoms with Gasteiger partial charge >= 0.3 is 5.97 Å². The van der Waals surface area contributed by atoms with E-state index in [1.165, 1.54) is 4.90 Å². The predicted molar refractivity (Wildman–Crippen MR) is 142 cm³/mol. The number of hydrogen-bond donors (Lipinski definition) is 1. The number of carbonyl (C=O) groups excluding carboxylic acids is 1. The quantitative estimate of drug-likeness (QED) is 0.327. The number of hydrogen-bond acceptors (Lipinski definition) is 3. The van der Waals surface area contributed by atoms with E-state index in [9.17, 15) is 14.7 Å². The number of amides is 1. The fraction of sp³-hybridized carbons (Fsp3) is 0.286. The van der Waals surface area contributed by atoms with Gasteiger partial charge in [0.05, 0.1) is 10.0 Å². The number of rotatable bonds is 9. The van der Waals surface area contributed by atoms with Crippen molar-refractivity contribution in [1.82, 2.24) is 4.90 Å². The van der Waals surface area contributed by atoms with E-state index in [1.54, 1.807) is 18.2 Å². The van der Waals surface area contributed by atoms with Gasteiger partial charge in [0.25, 0.3) is 0 Å². The molecule has 5 nitrogen and oxygen atoms in total. The molecule has 1 atom stereocenters. The van der Waals surface area contributed by atoms with Crippen molar-refractivity contribution < 1.29 is 19.4 Å². The van der Waals surface area contributed by atoms with Crippen LogP contribution in [0.2, 0.25) is 15.1 Å². The predicted octanol–water partition coefficient (Wildman–Crippen LogP) is 6.63. The zero-order chi connectivity index (χ0) is 25.9. The number of carbonyl (C=O) groups is 2. The van der Waals surface area contributed by atoms with Crippen LogP contribution in [-0.4, -0.2) is 34.0 Å². The van der Waals surface area contributed by atoms with Gasteiger partial charge in [-0.25, -0.2) is 0 Å². The maximum Gasteiger partial charge on any atom is 0.323 e. The van der Waals surface area contributed by atoms with Gasteiger partial charge in [0.1, 0.15) is 17.9 Å². The van der Waals surface area contributed by atoms with Crippen LogP contribution < -0.4 is 4.74 Å². The molecule has 1 aliphatic heterocycles. The summed E-state index contributed by atoms with van der Waals surface area (Å²) in [6.45, 7) is 1.85. The smallest absolute Gasteiger partial charge is 0.323 e. The van der Waals surface area contributed by atoms with Gasteiger partial charge in [-0.05, 0) is 65.9 Å². The van der Waals surface area contributed by atoms with Gasteiger partial charge in [-0.2, -0.15) is 0 Å². The van der Waals surface area contributed by atoms with Crippen molar-refractivity contribution in [2.45, 2.75) is 44.8 Å².